The number of halogens is 1. The summed E-state index contributed by atoms with van der Waals surface area (Å²) in [7, 11) is -3.02. The van der Waals surface area contributed by atoms with Crippen LogP contribution >= 0.6 is 15.9 Å². The van der Waals surface area contributed by atoms with Crippen molar-refractivity contribution in [2.24, 2.45) is 0 Å². The number of hydrogen-bond acceptors (Lipinski definition) is 7. The van der Waals surface area contributed by atoms with Gasteiger partial charge >= 0.3 is 0 Å². The first kappa shape index (κ1) is 32.5. The minimum Gasteiger partial charge on any atom is -0.497 e. The van der Waals surface area contributed by atoms with Gasteiger partial charge in [0.05, 0.1) is 22.6 Å². The first-order valence-corrected chi connectivity index (χ1v) is 15.4. The maximum Gasteiger partial charge on any atom is 0.273 e. The molecule has 3 rings (SSSR count). The van der Waals surface area contributed by atoms with Crippen LogP contribution in [0.3, 0.4) is 0 Å². The molecule has 0 aliphatic rings. The van der Waals surface area contributed by atoms with Crippen molar-refractivity contribution in [3.63, 3.8) is 0 Å². The van der Waals surface area contributed by atoms with Gasteiger partial charge in [0.2, 0.25) is 11.8 Å². The van der Waals surface area contributed by atoms with Crippen molar-refractivity contribution in [1.29, 1.82) is 0 Å². The number of rotatable bonds is 13. The second-order valence-corrected chi connectivity index (χ2v) is 12.3. The summed E-state index contributed by atoms with van der Waals surface area (Å²) in [6, 6.07) is 15.9. The van der Waals surface area contributed by atoms with E-state index in [0.29, 0.717) is 24.3 Å². The number of sulfonamides is 1. The molecule has 224 valence electrons. The molecule has 0 radical (unpaired) electrons. The zero-order valence-electron chi connectivity index (χ0n) is 23.7. The molecular formula is C29H33BrN4O7S. The van der Waals surface area contributed by atoms with Crippen molar-refractivity contribution in [1.82, 2.24) is 10.2 Å². The lowest BCUT2D eigenvalue weighted by Gasteiger charge is -2.32. The second-order valence-electron chi connectivity index (χ2n) is 9.53. The lowest BCUT2D eigenvalue weighted by molar-refractivity contribution is -0.385. The van der Waals surface area contributed by atoms with E-state index in [2.05, 4.69) is 21.2 Å². The van der Waals surface area contributed by atoms with Crippen LogP contribution in [0.25, 0.3) is 0 Å². The molecule has 0 spiro atoms. The van der Waals surface area contributed by atoms with Gasteiger partial charge in [0.15, 0.2) is 0 Å². The largest absolute Gasteiger partial charge is 0.497 e. The van der Waals surface area contributed by atoms with Crippen molar-refractivity contribution >= 4 is 49.1 Å². The summed E-state index contributed by atoms with van der Waals surface area (Å²) in [4.78, 5) is 38.8. The van der Waals surface area contributed by atoms with Crippen LogP contribution in [0.2, 0.25) is 0 Å². The fourth-order valence-electron chi connectivity index (χ4n) is 4.12. The quantitative estimate of drug-likeness (QED) is 0.205. The van der Waals surface area contributed by atoms with E-state index in [4.69, 9.17) is 4.74 Å². The molecule has 0 aliphatic heterocycles. The average molecular weight is 662 g/mol. The molecule has 3 aromatic carbocycles. The molecule has 1 N–H and O–H groups in total. The number of aryl methyl sites for hydroxylation is 1. The minimum absolute atomic E-state index is 0.0410. The van der Waals surface area contributed by atoms with E-state index in [-0.39, 0.29) is 28.7 Å². The average Bonchev–Trinajstić information content (AvgIpc) is 2.97. The van der Waals surface area contributed by atoms with Crippen LogP contribution in [0.5, 0.6) is 5.75 Å². The van der Waals surface area contributed by atoms with Gasteiger partial charge in [-0.25, -0.2) is 8.42 Å². The Kier molecular flexibility index (Phi) is 11.1. The van der Waals surface area contributed by atoms with E-state index in [1.807, 2.05) is 6.92 Å². The third-order valence-electron chi connectivity index (χ3n) is 6.59. The van der Waals surface area contributed by atoms with Crippen molar-refractivity contribution < 1.29 is 27.7 Å². The van der Waals surface area contributed by atoms with Crippen molar-refractivity contribution in [2.75, 3.05) is 24.5 Å². The molecule has 0 saturated carbocycles. The lowest BCUT2D eigenvalue weighted by Crippen LogP contribution is -2.51. The van der Waals surface area contributed by atoms with Crippen molar-refractivity contribution in [2.45, 2.75) is 44.7 Å². The highest BCUT2D eigenvalue weighted by molar-refractivity contribution is 9.10. The van der Waals surface area contributed by atoms with Gasteiger partial charge in [-0.05, 0) is 68.3 Å². The van der Waals surface area contributed by atoms with Crippen LogP contribution in [0.15, 0.2) is 76.1 Å². The van der Waals surface area contributed by atoms with Crippen LogP contribution in [0.4, 0.5) is 11.4 Å². The zero-order valence-corrected chi connectivity index (χ0v) is 26.1. The lowest BCUT2D eigenvalue weighted by atomic mass is 10.1. The Morgan fingerprint density at radius 2 is 1.71 bits per heavy atom. The third-order valence-corrected chi connectivity index (χ3v) is 8.89. The van der Waals surface area contributed by atoms with Crippen molar-refractivity contribution in [3.8, 4) is 5.75 Å². The van der Waals surface area contributed by atoms with E-state index in [1.54, 1.807) is 43.3 Å². The summed E-state index contributed by atoms with van der Waals surface area (Å²) in [5.74, 6) is -0.556. The molecule has 0 fully saturated rings. The first-order valence-electron chi connectivity index (χ1n) is 13.1. The monoisotopic (exact) mass is 660 g/mol. The standard InChI is InChI=1S/C29H33BrN4O7S/c1-5-16-31-29(36)21(3)32(18-22-7-9-23(30)10-8-22)28(35)19-33(24-11-13-25(41-4)14-12-24)42(39,40)26-15-6-20(2)27(17-26)34(37)38/h6-15,17,21H,5,16,18-19H2,1-4H3,(H,31,36)/t21-/m0/s1. The Labute approximate surface area is 253 Å². The summed E-state index contributed by atoms with van der Waals surface area (Å²) >= 11 is 3.38. The smallest absolute Gasteiger partial charge is 0.273 e. The first-order chi connectivity index (χ1) is 19.9. The van der Waals surface area contributed by atoms with Crippen molar-refractivity contribution in [3.05, 3.63) is 92.4 Å². The number of anilines is 1. The molecule has 13 heteroatoms. The molecule has 2 amide bonds. The van der Waals surface area contributed by atoms with Crippen LogP contribution < -0.4 is 14.4 Å². The molecule has 3 aromatic rings. The summed E-state index contributed by atoms with van der Waals surface area (Å²) in [5, 5.41) is 14.4. The van der Waals surface area contributed by atoms with Crippen LogP contribution in [0, 0.1) is 17.0 Å². The Hall–Kier alpha value is -3.97. The van der Waals surface area contributed by atoms with Gasteiger partial charge in [-0.3, -0.25) is 24.0 Å². The van der Waals surface area contributed by atoms with Gasteiger partial charge in [-0.1, -0.05) is 41.1 Å². The molecule has 42 heavy (non-hydrogen) atoms. The van der Waals surface area contributed by atoms with E-state index in [0.717, 1.165) is 20.4 Å². The number of nitro benzene ring substituents is 1. The van der Waals surface area contributed by atoms with Gasteiger partial charge in [0.1, 0.15) is 18.3 Å². The molecule has 0 bridgehead atoms. The summed E-state index contributed by atoms with van der Waals surface area (Å²) in [6.45, 7) is 4.78. The Morgan fingerprint density at radius 1 is 1.07 bits per heavy atom. The van der Waals surface area contributed by atoms with E-state index >= 15 is 0 Å². The van der Waals surface area contributed by atoms with E-state index < -0.39 is 33.4 Å². The molecule has 1 atom stereocenters. The summed E-state index contributed by atoms with van der Waals surface area (Å²) < 4.78 is 34.9. The highest BCUT2D eigenvalue weighted by Gasteiger charge is 2.33. The Bertz CT molecular complexity index is 1530. The predicted octanol–water partition coefficient (Wildman–Crippen LogP) is 4.81. The molecule has 0 heterocycles. The molecule has 0 aliphatic carbocycles. The van der Waals surface area contributed by atoms with E-state index in [9.17, 15) is 28.1 Å². The highest BCUT2D eigenvalue weighted by Crippen LogP contribution is 2.29. The molecule has 11 nitrogen and oxygen atoms in total. The molecule has 0 aromatic heterocycles. The van der Waals surface area contributed by atoms with Crippen LogP contribution in [0.1, 0.15) is 31.4 Å². The van der Waals surface area contributed by atoms with Crippen LogP contribution in [-0.4, -0.2) is 56.3 Å². The molecular weight excluding hydrogens is 628 g/mol. The second kappa shape index (κ2) is 14.3. The number of hydrogen-bond donors (Lipinski definition) is 1. The SMILES string of the molecule is CCCNC(=O)[C@H](C)N(Cc1ccc(Br)cc1)C(=O)CN(c1ccc(OC)cc1)S(=O)(=O)c1ccc(C)c([N+](=O)[O-])c1. The fraction of sp³-hybridized carbons (Fsp3) is 0.310. The normalized spacial score (nSPS) is 11.8. The van der Waals surface area contributed by atoms with Gasteiger partial charge in [0.25, 0.3) is 15.7 Å². The highest BCUT2D eigenvalue weighted by atomic mass is 79.9. The fourth-order valence-corrected chi connectivity index (χ4v) is 5.81. The topological polar surface area (TPSA) is 139 Å². The maximum atomic E-state index is 14.0. The predicted molar refractivity (Wildman–Crippen MR) is 163 cm³/mol. The number of nitro groups is 1. The number of carbonyl (C=O) groups excluding carboxylic acids is 2. The number of amides is 2. The van der Waals surface area contributed by atoms with Gasteiger partial charge < -0.3 is 15.0 Å². The zero-order chi connectivity index (χ0) is 31.0. The summed E-state index contributed by atoms with van der Waals surface area (Å²) in [6.07, 6.45) is 0.700. The van der Waals surface area contributed by atoms with E-state index in [1.165, 1.54) is 43.2 Å². The number of nitrogens with zero attached hydrogens (tertiary/aromatic N) is 3. The maximum absolute atomic E-state index is 14.0. The Morgan fingerprint density at radius 3 is 2.29 bits per heavy atom. The number of carbonyl (C=O) groups is 2. The van der Waals surface area contributed by atoms with Crippen LogP contribution in [-0.2, 0) is 26.2 Å². The third kappa shape index (κ3) is 7.85. The Balaban J connectivity index is 2.08. The molecule has 0 unspecified atom stereocenters. The van der Waals surface area contributed by atoms with Gasteiger partial charge in [-0.15, -0.1) is 0 Å². The number of benzene rings is 3. The molecule has 0 saturated heterocycles. The number of methoxy groups -OCH3 is 1. The number of ether oxygens (including phenoxy) is 1. The number of nitrogens with one attached hydrogen (secondary N) is 1. The summed E-state index contributed by atoms with van der Waals surface area (Å²) in [5.41, 5.74) is 0.794. The minimum atomic E-state index is -4.48. The van der Waals surface area contributed by atoms with Gasteiger partial charge in [0, 0.05) is 29.2 Å². The van der Waals surface area contributed by atoms with Gasteiger partial charge in [-0.2, -0.15) is 0 Å².